The van der Waals surface area contributed by atoms with E-state index in [-0.39, 0.29) is 12.8 Å². The summed E-state index contributed by atoms with van der Waals surface area (Å²) in [5, 5.41) is 9.37. The lowest BCUT2D eigenvalue weighted by molar-refractivity contribution is -0.151. The van der Waals surface area contributed by atoms with E-state index in [1.54, 1.807) is 24.3 Å². The van der Waals surface area contributed by atoms with Crippen LogP contribution >= 0.6 is 11.6 Å². The average Bonchev–Trinajstić information content (AvgIpc) is 2.27. The number of carboxylic acids is 1. The van der Waals surface area contributed by atoms with Crippen LogP contribution in [0.1, 0.15) is 25.3 Å². The van der Waals surface area contributed by atoms with Gasteiger partial charge in [0.05, 0.1) is 0 Å². The molecule has 0 fully saturated rings. The van der Waals surface area contributed by atoms with E-state index in [1.165, 1.54) is 6.92 Å². The molecular weight excluding hydrogens is 231 g/mol. The van der Waals surface area contributed by atoms with Crippen molar-refractivity contribution in [3.05, 3.63) is 34.9 Å². The second-order valence-corrected chi connectivity index (χ2v) is 4.19. The van der Waals surface area contributed by atoms with Gasteiger partial charge in [-0.2, -0.15) is 0 Å². The Morgan fingerprint density at radius 3 is 2.44 bits per heavy atom. The molecule has 0 heterocycles. The molecule has 0 aliphatic heterocycles. The summed E-state index contributed by atoms with van der Waals surface area (Å²) < 4.78 is 13.8. The SMILES string of the molecule is CCC(F)(CCc1ccc(Cl)cc1)C(=O)O. The molecule has 1 N–H and O–H groups in total. The van der Waals surface area contributed by atoms with Gasteiger partial charge >= 0.3 is 5.97 Å². The molecule has 1 rings (SSSR count). The molecule has 16 heavy (non-hydrogen) atoms. The first-order valence-corrected chi connectivity index (χ1v) is 5.52. The van der Waals surface area contributed by atoms with E-state index in [0.717, 1.165) is 5.56 Å². The Hall–Kier alpha value is -1.09. The third-order valence-electron chi connectivity index (χ3n) is 2.67. The van der Waals surface area contributed by atoms with Crippen molar-refractivity contribution in [3.8, 4) is 0 Å². The minimum Gasteiger partial charge on any atom is -0.479 e. The maximum atomic E-state index is 13.8. The van der Waals surface area contributed by atoms with E-state index < -0.39 is 11.6 Å². The van der Waals surface area contributed by atoms with Crippen molar-refractivity contribution < 1.29 is 14.3 Å². The lowest BCUT2D eigenvalue weighted by Gasteiger charge is -2.18. The van der Waals surface area contributed by atoms with Crippen LogP contribution in [-0.2, 0) is 11.2 Å². The average molecular weight is 245 g/mol. The first kappa shape index (κ1) is 13.0. The van der Waals surface area contributed by atoms with E-state index in [2.05, 4.69) is 0 Å². The Morgan fingerprint density at radius 2 is 2.00 bits per heavy atom. The van der Waals surface area contributed by atoms with Crippen molar-refractivity contribution in [2.45, 2.75) is 31.9 Å². The number of aliphatic carboxylic acids is 1. The molecule has 0 aliphatic carbocycles. The third-order valence-corrected chi connectivity index (χ3v) is 2.92. The number of halogens is 2. The number of carboxylic acid groups (broad SMARTS) is 1. The van der Waals surface area contributed by atoms with Crippen LogP contribution in [0, 0.1) is 0 Å². The second-order valence-electron chi connectivity index (χ2n) is 3.75. The van der Waals surface area contributed by atoms with E-state index >= 15 is 0 Å². The van der Waals surface area contributed by atoms with Gasteiger partial charge in [-0.1, -0.05) is 30.7 Å². The van der Waals surface area contributed by atoms with Gasteiger partial charge in [0.1, 0.15) is 0 Å². The molecule has 0 spiro atoms. The fourth-order valence-electron chi connectivity index (χ4n) is 1.43. The van der Waals surface area contributed by atoms with Crippen molar-refractivity contribution in [2.75, 3.05) is 0 Å². The van der Waals surface area contributed by atoms with Gasteiger partial charge in [-0.25, -0.2) is 9.18 Å². The van der Waals surface area contributed by atoms with Crippen molar-refractivity contribution in [2.24, 2.45) is 0 Å². The van der Waals surface area contributed by atoms with E-state index in [9.17, 15) is 9.18 Å². The van der Waals surface area contributed by atoms with Crippen molar-refractivity contribution >= 4 is 17.6 Å². The standard InChI is InChI=1S/C12H14ClFO2/c1-2-12(14,11(15)16)8-7-9-3-5-10(13)6-4-9/h3-6H,2,7-8H2,1H3,(H,15,16). The number of aryl methyl sites for hydroxylation is 1. The Kier molecular flexibility index (Phi) is 4.30. The van der Waals surface area contributed by atoms with Crippen LogP contribution in [-0.4, -0.2) is 16.7 Å². The maximum absolute atomic E-state index is 13.8. The zero-order valence-electron chi connectivity index (χ0n) is 9.04. The highest BCUT2D eigenvalue weighted by Gasteiger charge is 2.35. The van der Waals surface area contributed by atoms with Gasteiger partial charge in [-0.15, -0.1) is 0 Å². The largest absolute Gasteiger partial charge is 0.479 e. The first-order valence-electron chi connectivity index (χ1n) is 5.14. The summed E-state index contributed by atoms with van der Waals surface area (Å²) in [5.74, 6) is -1.39. The molecule has 0 aromatic heterocycles. The Morgan fingerprint density at radius 1 is 1.44 bits per heavy atom. The number of benzene rings is 1. The lowest BCUT2D eigenvalue weighted by Crippen LogP contribution is -2.33. The van der Waals surface area contributed by atoms with E-state index in [1.807, 2.05) is 0 Å². The van der Waals surface area contributed by atoms with Crippen LogP contribution in [0.4, 0.5) is 4.39 Å². The molecule has 1 aromatic rings. The fraction of sp³-hybridized carbons (Fsp3) is 0.417. The molecule has 0 radical (unpaired) electrons. The normalized spacial score (nSPS) is 14.4. The Bertz CT molecular complexity index is 364. The van der Waals surface area contributed by atoms with Crippen LogP contribution in [0.25, 0.3) is 0 Å². The van der Waals surface area contributed by atoms with Crippen molar-refractivity contribution in [1.82, 2.24) is 0 Å². The quantitative estimate of drug-likeness (QED) is 0.861. The molecule has 0 aliphatic rings. The first-order chi connectivity index (χ1) is 7.48. The predicted octanol–water partition coefficient (Wildman–Crippen LogP) is 3.48. The van der Waals surface area contributed by atoms with Crippen LogP contribution in [0.3, 0.4) is 0 Å². The van der Waals surface area contributed by atoms with Crippen LogP contribution in [0.15, 0.2) is 24.3 Å². The van der Waals surface area contributed by atoms with E-state index in [4.69, 9.17) is 16.7 Å². The van der Waals surface area contributed by atoms with Crippen molar-refractivity contribution in [3.63, 3.8) is 0 Å². The van der Waals surface area contributed by atoms with Gasteiger partial charge in [0.15, 0.2) is 0 Å². The molecule has 0 bridgehead atoms. The van der Waals surface area contributed by atoms with E-state index in [0.29, 0.717) is 11.4 Å². The molecule has 1 unspecified atom stereocenters. The number of carbonyl (C=O) groups is 1. The number of hydrogen-bond acceptors (Lipinski definition) is 1. The summed E-state index contributed by atoms with van der Waals surface area (Å²) in [6.07, 6.45) is 0.365. The molecular formula is C12H14ClFO2. The van der Waals surface area contributed by atoms with Gasteiger partial charge in [-0.05, 0) is 37.0 Å². The minimum atomic E-state index is -2.13. The Labute approximate surface area is 99.0 Å². The molecule has 1 atom stereocenters. The van der Waals surface area contributed by atoms with Gasteiger partial charge in [-0.3, -0.25) is 0 Å². The van der Waals surface area contributed by atoms with Gasteiger partial charge in [0.2, 0.25) is 5.67 Å². The van der Waals surface area contributed by atoms with Crippen LogP contribution in [0.5, 0.6) is 0 Å². The lowest BCUT2D eigenvalue weighted by atomic mass is 9.94. The summed E-state index contributed by atoms with van der Waals surface area (Å²) in [7, 11) is 0. The van der Waals surface area contributed by atoms with Gasteiger partial charge in [0.25, 0.3) is 0 Å². The van der Waals surface area contributed by atoms with Gasteiger partial charge < -0.3 is 5.11 Å². The summed E-state index contributed by atoms with van der Waals surface area (Å²) in [6.45, 7) is 1.54. The number of rotatable bonds is 5. The summed E-state index contributed by atoms with van der Waals surface area (Å²) >= 11 is 5.71. The van der Waals surface area contributed by atoms with Crippen molar-refractivity contribution in [1.29, 1.82) is 0 Å². The Balaban J connectivity index is 2.63. The predicted molar refractivity (Wildman–Crippen MR) is 61.5 cm³/mol. The molecule has 4 heteroatoms. The summed E-state index contributed by atoms with van der Waals surface area (Å²) in [4.78, 5) is 10.7. The smallest absolute Gasteiger partial charge is 0.341 e. The topological polar surface area (TPSA) is 37.3 Å². The highest BCUT2D eigenvalue weighted by atomic mass is 35.5. The van der Waals surface area contributed by atoms with Gasteiger partial charge in [0, 0.05) is 5.02 Å². The highest BCUT2D eigenvalue weighted by Crippen LogP contribution is 2.23. The third kappa shape index (κ3) is 3.20. The zero-order valence-corrected chi connectivity index (χ0v) is 9.80. The molecule has 88 valence electrons. The molecule has 2 nitrogen and oxygen atoms in total. The monoisotopic (exact) mass is 244 g/mol. The summed E-state index contributed by atoms with van der Waals surface area (Å²) in [6, 6.07) is 6.98. The molecule has 0 saturated heterocycles. The number of hydrogen-bond donors (Lipinski definition) is 1. The highest BCUT2D eigenvalue weighted by molar-refractivity contribution is 6.30. The zero-order chi connectivity index (χ0) is 12.2. The second kappa shape index (κ2) is 5.30. The number of alkyl halides is 1. The van der Waals surface area contributed by atoms with Crippen LogP contribution < -0.4 is 0 Å². The molecule has 0 saturated carbocycles. The molecule has 0 amide bonds. The summed E-state index contributed by atoms with van der Waals surface area (Å²) in [5.41, 5.74) is -1.24. The fourth-order valence-corrected chi connectivity index (χ4v) is 1.55. The van der Waals surface area contributed by atoms with Crippen LogP contribution in [0.2, 0.25) is 5.02 Å². The maximum Gasteiger partial charge on any atom is 0.341 e. The minimum absolute atomic E-state index is 0.0134. The molecule has 1 aromatic carbocycles.